The van der Waals surface area contributed by atoms with E-state index < -0.39 is 0 Å². The molecule has 0 aliphatic carbocycles. The summed E-state index contributed by atoms with van der Waals surface area (Å²) in [6, 6.07) is 17.1. The highest BCUT2D eigenvalue weighted by molar-refractivity contribution is 5.64. The van der Waals surface area contributed by atoms with Crippen molar-refractivity contribution in [2.45, 2.75) is 110 Å². The lowest BCUT2D eigenvalue weighted by Gasteiger charge is -2.29. The molecule has 2 aromatic carbocycles. The van der Waals surface area contributed by atoms with Gasteiger partial charge in [0.2, 0.25) is 0 Å². The molecule has 0 saturated carbocycles. The summed E-state index contributed by atoms with van der Waals surface area (Å²) in [7, 11) is 0. The predicted molar refractivity (Wildman–Crippen MR) is 165 cm³/mol. The van der Waals surface area contributed by atoms with Crippen LogP contribution >= 0.6 is 0 Å². The number of rotatable bonds is 20. The van der Waals surface area contributed by atoms with E-state index in [2.05, 4.69) is 69.0 Å². The van der Waals surface area contributed by atoms with E-state index in [0.29, 0.717) is 5.92 Å². The SMILES string of the molecule is C=CCCCCCCCCC[C@H]1CO[C@H](c2ccc(-c3ccc(OCCCCC[C@@H](C)CC)cc3)cc2)OC1. The Morgan fingerprint density at radius 1 is 0.795 bits per heavy atom. The van der Waals surface area contributed by atoms with Gasteiger partial charge >= 0.3 is 0 Å². The quantitative estimate of drug-likeness (QED) is 0.125. The first kappa shape index (κ1) is 31.4. The number of hydrogen-bond acceptors (Lipinski definition) is 3. The fraction of sp³-hybridized carbons (Fsp3) is 0.611. The molecule has 0 amide bonds. The van der Waals surface area contributed by atoms with Crippen molar-refractivity contribution >= 4 is 0 Å². The molecule has 0 aromatic heterocycles. The molecular weight excluding hydrogens is 480 g/mol. The lowest BCUT2D eigenvalue weighted by Crippen LogP contribution is -2.27. The fourth-order valence-corrected chi connectivity index (χ4v) is 5.25. The van der Waals surface area contributed by atoms with Crippen molar-refractivity contribution in [3.05, 3.63) is 66.7 Å². The van der Waals surface area contributed by atoms with Crippen molar-refractivity contribution in [2.24, 2.45) is 11.8 Å². The third-order valence-electron chi connectivity index (χ3n) is 8.16. The van der Waals surface area contributed by atoms with Crippen LogP contribution < -0.4 is 4.74 Å². The minimum atomic E-state index is -0.244. The summed E-state index contributed by atoms with van der Waals surface area (Å²) in [6.07, 6.45) is 19.8. The van der Waals surface area contributed by atoms with Crippen LogP contribution in [0, 0.1) is 11.8 Å². The van der Waals surface area contributed by atoms with E-state index in [4.69, 9.17) is 14.2 Å². The second-order valence-corrected chi connectivity index (χ2v) is 11.6. The van der Waals surface area contributed by atoms with Gasteiger partial charge in [-0.1, -0.05) is 121 Å². The summed E-state index contributed by atoms with van der Waals surface area (Å²) in [6.45, 7) is 10.8. The monoisotopic (exact) mass is 534 g/mol. The Balaban J connectivity index is 1.29. The molecule has 3 rings (SSSR count). The Morgan fingerprint density at radius 3 is 2.03 bits per heavy atom. The van der Waals surface area contributed by atoms with Crippen molar-refractivity contribution in [1.29, 1.82) is 0 Å². The van der Waals surface area contributed by atoms with Crippen LogP contribution in [0.3, 0.4) is 0 Å². The van der Waals surface area contributed by atoms with Crippen molar-refractivity contribution in [2.75, 3.05) is 19.8 Å². The van der Waals surface area contributed by atoms with Gasteiger partial charge in [0.1, 0.15) is 5.75 Å². The Morgan fingerprint density at radius 2 is 1.38 bits per heavy atom. The first-order valence-corrected chi connectivity index (χ1v) is 15.9. The Hall–Kier alpha value is -2.10. The van der Waals surface area contributed by atoms with Gasteiger partial charge in [0, 0.05) is 11.5 Å². The van der Waals surface area contributed by atoms with Crippen LogP contribution in [0.2, 0.25) is 0 Å². The molecule has 0 unspecified atom stereocenters. The summed E-state index contributed by atoms with van der Waals surface area (Å²) in [5, 5.41) is 0. The van der Waals surface area contributed by atoms with Gasteiger partial charge in [-0.05, 0) is 54.9 Å². The average Bonchev–Trinajstić information content (AvgIpc) is 2.98. The molecule has 2 aromatic rings. The Kier molecular flexibility index (Phi) is 15.4. The van der Waals surface area contributed by atoms with E-state index in [1.165, 1.54) is 88.2 Å². The summed E-state index contributed by atoms with van der Waals surface area (Å²) < 4.78 is 18.2. The summed E-state index contributed by atoms with van der Waals surface area (Å²) in [5.41, 5.74) is 3.50. The minimum absolute atomic E-state index is 0.244. The molecule has 0 N–H and O–H groups in total. The van der Waals surface area contributed by atoms with Gasteiger partial charge in [-0.3, -0.25) is 0 Å². The highest BCUT2D eigenvalue weighted by Gasteiger charge is 2.23. The first-order chi connectivity index (χ1) is 19.2. The smallest absolute Gasteiger partial charge is 0.183 e. The zero-order chi connectivity index (χ0) is 27.5. The molecule has 0 spiro atoms. The highest BCUT2D eigenvalue weighted by atomic mass is 16.7. The Bertz CT molecular complexity index is 881. The zero-order valence-electron chi connectivity index (χ0n) is 24.9. The number of benzene rings is 2. The largest absolute Gasteiger partial charge is 0.494 e. The number of unbranched alkanes of at least 4 members (excludes halogenated alkanes) is 9. The molecule has 216 valence electrons. The van der Waals surface area contributed by atoms with E-state index >= 15 is 0 Å². The van der Waals surface area contributed by atoms with Crippen molar-refractivity contribution < 1.29 is 14.2 Å². The van der Waals surface area contributed by atoms with Crippen LogP contribution in [0.4, 0.5) is 0 Å². The second-order valence-electron chi connectivity index (χ2n) is 11.6. The van der Waals surface area contributed by atoms with Crippen LogP contribution in [0.15, 0.2) is 61.2 Å². The molecule has 1 saturated heterocycles. The molecule has 1 fully saturated rings. The lowest BCUT2D eigenvalue weighted by atomic mass is 10.00. The number of hydrogen-bond donors (Lipinski definition) is 0. The van der Waals surface area contributed by atoms with Gasteiger partial charge in [0.05, 0.1) is 19.8 Å². The van der Waals surface area contributed by atoms with Crippen LogP contribution in [-0.2, 0) is 9.47 Å². The molecule has 3 heteroatoms. The third kappa shape index (κ3) is 12.3. The predicted octanol–water partition coefficient (Wildman–Crippen LogP) is 10.7. The number of ether oxygens (including phenoxy) is 3. The molecule has 1 atom stereocenters. The van der Waals surface area contributed by atoms with Gasteiger partial charge in [-0.25, -0.2) is 0 Å². The zero-order valence-corrected chi connectivity index (χ0v) is 24.9. The van der Waals surface area contributed by atoms with Crippen LogP contribution in [0.25, 0.3) is 11.1 Å². The highest BCUT2D eigenvalue weighted by Crippen LogP contribution is 2.30. The Labute approximate surface area is 239 Å². The molecule has 0 radical (unpaired) electrons. The van der Waals surface area contributed by atoms with Crippen LogP contribution in [-0.4, -0.2) is 19.8 Å². The molecule has 1 aliphatic heterocycles. The maximum absolute atomic E-state index is 6.10. The maximum Gasteiger partial charge on any atom is 0.183 e. The minimum Gasteiger partial charge on any atom is -0.494 e. The maximum atomic E-state index is 6.10. The lowest BCUT2D eigenvalue weighted by molar-refractivity contribution is -0.206. The van der Waals surface area contributed by atoms with E-state index in [1.807, 2.05) is 6.08 Å². The third-order valence-corrected chi connectivity index (χ3v) is 8.16. The second kappa shape index (κ2) is 19.1. The summed E-state index contributed by atoms with van der Waals surface area (Å²) in [5.74, 6) is 2.33. The van der Waals surface area contributed by atoms with Gasteiger partial charge in [0.15, 0.2) is 6.29 Å². The first-order valence-electron chi connectivity index (χ1n) is 15.9. The molecule has 1 heterocycles. The topological polar surface area (TPSA) is 27.7 Å². The van der Waals surface area contributed by atoms with E-state index in [0.717, 1.165) is 49.9 Å². The van der Waals surface area contributed by atoms with Gasteiger partial charge in [-0.2, -0.15) is 0 Å². The number of allylic oxidation sites excluding steroid dienone is 1. The molecule has 1 aliphatic rings. The molecule has 3 nitrogen and oxygen atoms in total. The van der Waals surface area contributed by atoms with Crippen LogP contribution in [0.5, 0.6) is 5.75 Å². The van der Waals surface area contributed by atoms with Crippen molar-refractivity contribution in [3.8, 4) is 16.9 Å². The fourth-order valence-electron chi connectivity index (χ4n) is 5.25. The standard InChI is InChI=1S/C36H54O3/c1-4-6-7-8-9-10-11-12-15-18-31-28-38-36(39-29-31)34-21-19-32(20-22-34)33-23-25-35(26-24-33)37-27-16-13-14-17-30(3)5-2/h4,19-26,30-31,36H,1,5-18,27-29H2,2-3H3/t30-,31-,36-/m0/s1. The molecular formula is C36H54O3. The van der Waals surface area contributed by atoms with Gasteiger partial charge in [0.25, 0.3) is 0 Å². The van der Waals surface area contributed by atoms with Crippen molar-refractivity contribution in [1.82, 2.24) is 0 Å². The van der Waals surface area contributed by atoms with E-state index in [-0.39, 0.29) is 6.29 Å². The molecule has 0 bridgehead atoms. The van der Waals surface area contributed by atoms with Crippen LogP contribution in [0.1, 0.15) is 116 Å². The van der Waals surface area contributed by atoms with Gasteiger partial charge < -0.3 is 14.2 Å². The summed E-state index contributed by atoms with van der Waals surface area (Å²) in [4.78, 5) is 0. The summed E-state index contributed by atoms with van der Waals surface area (Å²) >= 11 is 0. The van der Waals surface area contributed by atoms with E-state index in [1.54, 1.807) is 0 Å². The normalized spacial score (nSPS) is 18.1. The average molecular weight is 535 g/mol. The molecule has 39 heavy (non-hydrogen) atoms. The van der Waals surface area contributed by atoms with Crippen molar-refractivity contribution in [3.63, 3.8) is 0 Å². The van der Waals surface area contributed by atoms with E-state index in [9.17, 15) is 0 Å². The van der Waals surface area contributed by atoms with Gasteiger partial charge in [-0.15, -0.1) is 6.58 Å².